The Morgan fingerprint density at radius 3 is 1.50 bits per heavy atom. The first-order chi connectivity index (χ1) is 20.3. The number of carbonyl (C=O) groups excluding carboxylic acids is 5. The summed E-state index contributed by atoms with van der Waals surface area (Å²) in [6, 6.07) is 18.0. The molecule has 0 saturated carbocycles. The first-order valence-electron chi connectivity index (χ1n) is 14.5. The van der Waals surface area contributed by atoms with Gasteiger partial charge < -0.3 is 31.3 Å². The number of aliphatic hydroxyl groups excluding tert-OH is 1. The van der Waals surface area contributed by atoms with Crippen molar-refractivity contribution in [2.24, 2.45) is 0 Å². The third-order valence-electron chi connectivity index (χ3n) is 7.36. The predicted octanol–water partition coefficient (Wildman–Crippen LogP) is 1.65. The molecule has 2 rings (SSSR count). The van der Waals surface area contributed by atoms with Gasteiger partial charge in [-0.1, -0.05) is 60.7 Å². The summed E-state index contributed by atoms with van der Waals surface area (Å²) >= 11 is 0. The van der Waals surface area contributed by atoms with Crippen LogP contribution in [0.15, 0.2) is 60.7 Å². The summed E-state index contributed by atoms with van der Waals surface area (Å²) in [4.78, 5) is 67.8. The van der Waals surface area contributed by atoms with E-state index in [1.807, 2.05) is 30.3 Å². The van der Waals surface area contributed by atoms with Gasteiger partial charge in [-0.05, 0) is 59.6 Å². The van der Waals surface area contributed by atoms with Crippen molar-refractivity contribution in [2.45, 2.75) is 83.0 Å². The standard InChI is InChI=1S/C33H47N5O6/c1-30(2,34-25(40)24(21-39)23-18-14-11-15-19-23)26(41)35-31(3,4)27(42)36-32(5,6)28(43)37-33(7,29(44)38(8)9)20-22-16-12-10-13-17-22/h10-19,24,39H,20-21H2,1-9H3,(H,34,40)(H,35,41)(H,36,42)(H,37,43)/t24-,33+/m0/s1. The highest BCUT2D eigenvalue weighted by molar-refractivity contribution is 6.00. The minimum atomic E-state index is -1.50. The maximum absolute atomic E-state index is 13.5. The van der Waals surface area contributed by atoms with Crippen LogP contribution in [0.5, 0.6) is 0 Å². The van der Waals surface area contributed by atoms with Crippen LogP contribution in [0, 0.1) is 0 Å². The van der Waals surface area contributed by atoms with E-state index < -0.39 is 58.3 Å². The third-order valence-corrected chi connectivity index (χ3v) is 7.36. The van der Waals surface area contributed by atoms with Crippen LogP contribution in [0.4, 0.5) is 0 Å². The largest absolute Gasteiger partial charge is 0.395 e. The fraction of sp³-hybridized carbons (Fsp3) is 0.485. The number of likely N-dealkylation sites (N-methyl/N-ethyl adjacent to an activating group) is 1. The molecule has 2 atom stereocenters. The van der Waals surface area contributed by atoms with Gasteiger partial charge in [0, 0.05) is 20.5 Å². The number of carbonyl (C=O) groups is 5. The summed E-state index contributed by atoms with van der Waals surface area (Å²) in [6.07, 6.45) is 0.227. The summed E-state index contributed by atoms with van der Waals surface area (Å²) < 4.78 is 0. The van der Waals surface area contributed by atoms with E-state index in [2.05, 4.69) is 21.3 Å². The zero-order chi connectivity index (χ0) is 33.5. The van der Waals surface area contributed by atoms with E-state index in [-0.39, 0.29) is 12.3 Å². The molecule has 0 fully saturated rings. The highest BCUT2D eigenvalue weighted by Crippen LogP contribution is 2.20. The molecule has 0 spiro atoms. The molecule has 0 radical (unpaired) electrons. The fourth-order valence-electron chi connectivity index (χ4n) is 4.55. The SMILES string of the molecule is CN(C)C(=O)[C@@](C)(Cc1ccccc1)NC(=O)C(C)(C)NC(=O)C(C)(C)NC(=O)C(C)(C)NC(=O)[C@@H](CO)c1ccccc1. The van der Waals surface area contributed by atoms with E-state index in [1.54, 1.807) is 51.4 Å². The Balaban J connectivity index is 2.14. The van der Waals surface area contributed by atoms with Crippen LogP contribution in [-0.4, -0.2) is 82.4 Å². The van der Waals surface area contributed by atoms with Crippen molar-refractivity contribution in [3.05, 3.63) is 71.8 Å². The minimum Gasteiger partial charge on any atom is -0.395 e. The fourth-order valence-corrected chi connectivity index (χ4v) is 4.55. The number of nitrogens with zero attached hydrogens (tertiary/aromatic N) is 1. The van der Waals surface area contributed by atoms with Gasteiger partial charge in [-0.15, -0.1) is 0 Å². The number of hydrogen-bond acceptors (Lipinski definition) is 6. The predicted molar refractivity (Wildman–Crippen MR) is 168 cm³/mol. The summed E-state index contributed by atoms with van der Waals surface area (Å²) in [5.41, 5.74) is -4.29. The highest BCUT2D eigenvalue weighted by Gasteiger charge is 2.44. The van der Waals surface area contributed by atoms with E-state index >= 15 is 0 Å². The average Bonchev–Trinajstić information content (AvgIpc) is 2.93. The van der Waals surface area contributed by atoms with E-state index in [0.717, 1.165) is 5.56 Å². The van der Waals surface area contributed by atoms with Crippen LogP contribution >= 0.6 is 0 Å². The van der Waals surface area contributed by atoms with Gasteiger partial charge in [-0.3, -0.25) is 24.0 Å². The molecule has 0 aliphatic rings. The van der Waals surface area contributed by atoms with Crippen molar-refractivity contribution in [1.29, 1.82) is 0 Å². The summed E-state index contributed by atoms with van der Waals surface area (Å²) in [5, 5.41) is 20.7. The summed E-state index contributed by atoms with van der Waals surface area (Å²) in [7, 11) is 3.21. The van der Waals surface area contributed by atoms with Gasteiger partial charge in [-0.25, -0.2) is 0 Å². The van der Waals surface area contributed by atoms with Gasteiger partial charge in [0.25, 0.3) is 0 Å². The third kappa shape index (κ3) is 9.12. The molecule has 11 heteroatoms. The Morgan fingerprint density at radius 1 is 0.659 bits per heavy atom. The second-order valence-corrected chi connectivity index (χ2v) is 13.1. The van der Waals surface area contributed by atoms with Crippen molar-refractivity contribution in [1.82, 2.24) is 26.2 Å². The molecule has 0 aliphatic heterocycles. The van der Waals surface area contributed by atoms with Gasteiger partial charge in [0.05, 0.1) is 12.5 Å². The van der Waals surface area contributed by atoms with Crippen LogP contribution in [0.1, 0.15) is 65.5 Å². The van der Waals surface area contributed by atoms with Crippen LogP contribution in [0.2, 0.25) is 0 Å². The Bertz CT molecular complexity index is 1340. The maximum Gasteiger partial charge on any atom is 0.247 e. The lowest BCUT2D eigenvalue weighted by Crippen LogP contribution is -2.68. The van der Waals surface area contributed by atoms with Crippen molar-refractivity contribution < 1.29 is 29.1 Å². The van der Waals surface area contributed by atoms with Crippen LogP contribution in [0.3, 0.4) is 0 Å². The first-order valence-corrected chi connectivity index (χ1v) is 14.5. The van der Waals surface area contributed by atoms with E-state index in [1.165, 1.54) is 46.4 Å². The molecule has 5 N–H and O–H groups in total. The lowest BCUT2D eigenvalue weighted by molar-refractivity contribution is -0.143. The first kappa shape index (κ1) is 35.9. The molecule has 0 heterocycles. The van der Waals surface area contributed by atoms with Crippen LogP contribution < -0.4 is 21.3 Å². The smallest absolute Gasteiger partial charge is 0.247 e. The van der Waals surface area contributed by atoms with Gasteiger partial charge in [-0.2, -0.15) is 0 Å². The molecule has 2 aromatic carbocycles. The topological polar surface area (TPSA) is 157 Å². The Labute approximate surface area is 260 Å². The molecular weight excluding hydrogens is 562 g/mol. The molecule has 11 nitrogen and oxygen atoms in total. The van der Waals surface area contributed by atoms with Crippen LogP contribution in [-0.2, 0) is 30.4 Å². The molecule has 0 aliphatic carbocycles. The van der Waals surface area contributed by atoms with Crippen molar-refractivity contribution in [2.75, 3.05) is 20.7 Å². The Hall–Kier alpha value is -4.25. The van der Waals surface area contributed by atoms with Gasteiger partial charge >= 0.3 is 0 Å². The molecule has 0 aromatic heterocycles. The second-order valence-electron chi connectivity index (χ2n) is 13.1. The van der Waals surface area contributed by atoms with E-state index in [4.69, 9.17) is 0 Å². The average molecular weight is 610 g/mol. The van der Waals surface area contributed by atoms with Gasteiger partial charge in [0.2, 0.25) is 29.5 Å². The number of benzene rings is 2. The number of rotatable bonds is 13. The van der Waals surface area contributed by atoms with Crippen LogP contribution in [0.25, 0.3) is 0 Å². The molecule has 0 bridgehead atoms. The lowest BCUT2D eigenvalue weighted by Gasteiger charge is -2.37. The number of amides is 5. The molecule has 44 heavy (non-hydrogen) atoms. The Kier molecular flexibility index (Phi) is 11.5. The highest BCUT2D eigenvalue weighted by atomic mass is 16.3. The van der Waals surface area contributed by atoms with Crippen molar-refractivity contribution in [3.63, 3.8) is 0 Å². The molecule has 0 unspecified atom stereocenters. The quantitative estimate of drug-likeness (QED) is 0.233. The summed E-state index contributed by atoms with van der Waals surface area (Å²) in [5.74, 6) is -3.65. The van der Waals surface area contributed by atoms with Crippen molar-refractivity contribution >= 4 is 29.5 Å². The minimum absolute atomic E-state index is 0.227. The monoisotopic (exact) mass is 609 g/mol. The molecule has 5 amide bonds. The molecular formula is C33H47N5O6. The second kappa shape index (κ2) is 14.0. The zero-order valence-corrected chi connectivity index (χ0v) is 27.2. The normalized spacial score (nSPS) is 14.0. The molecule has 2 aromatic rings. The van der Waals surface area contributed by atoms with Gasteiger partial charge in [0.1, 0.15) is 22.2 Å². The number of nitrogens with one attached hydrogen (secondary N) is 4. The molecule has 240 valence electrons. The van der Waals surface area contributed by atoms with Gasteiger partial charge in [0.15, 0.2) is 0 Å². The van der Waals surface area contributed by atoms with E-state index in [9.17, 15) is 29.1 Å². The number of aliphatic hydroxyl groups is 1. The Morgan fingerprint density at radius 2 is 1.07 bits per heavy atom. The number of hydrogen-bond donors (Lipinski definition) is 5. The maximum atomic E-state index is 13.5. The zero-order valence-electron chi connectivity index (χ0n) is 27.2. The molecule has 0 saturated heterocycles. The van der Waals surface area contributed by atoms with E-state index in [0.29, 0.717) is 5.56 Å². The lowest BCUT2D eigenvalue weighted by atomic mass is 9.89. The van der Waals surface area contributed by atoms with Crippen molar-refractivity contribution in [3.8, 4) is 0 Å². The summed E-state index contributed by atoms with van der Waals surface area (Å²) in [6.45, 7) is 10.1.